The Morgan fingerprint density at radius 3 is 2.50 bits per heavy atom. The number of aromatic nitrogens is 3. The molecule has 0 spiro atoms. The van der Waals surface area contributed by atoms with Crippen molar-refractivity contribution in [3.63, 3.8) is 0 Å². The van der Waals surface area contributed by atoms with Crippen molar-refractivity contribution in [1.82, 2.24) is 14.1 Å². The summed E-state index contributed by atoms with van der Waals surface area (Å²) in [6.07, 6.45) is 2.03. The van der Waals surface area contributed by atoms with Crippen LogP contribution in [0.5, 0.6) is 0 Å². The fourth-order valence-corrected chi connectivity index (χ4v) is 3.67. The number of hydrogen-bond donors (Lipinski definition) is 1. The minimum atomic E-state index is -0.254. The van der Waals surface area contributed by atoms with Gasteiger partial charge >= 0.3 is 5.69 Å². The monoisotopic (exact) mass is 380 g/mol. The normalized spacial score (nSPS) is 11.1. The number of carbonyl (C=O) groups excluding carboxylic acids is 1. The van der Waals surface area contributed by atoms with Crippen molar-refractivity contribution < 1.29 is 4.79 Å². The van der Waals surface area contributed by atoms with Gasteiger partial charge < -0.3 is 9.88 Å². The van der Waals surface area contributed by atoms with Gasteiger partial charge in [-0.2, -0.15) is 4.98 Å². The fraction of sp³-hybridized carbons (Fsp3) is 0.409. The Hall–Kier alpha value is -2.89. The molecule has 1 amide bonds. The Morgan fingerprint density at radius 1 is 1.04 bits per heavy atom. The number of nitrogens with one attached hydrogen (secondary N) is 1. The van der Waals surface area contributed by atoms with Crippen LogP contribution in [0, 0.1) is 20.8 Å². The van der Waals surface area contributed by atoms with E-state index in [0.717, 1.165) is 35.4 Å². The topological polar surface area (TPSA) is 68.9 Å². The van der Waals surface area contributed by atoms with Gasteiger partial charge in [-0.15, -0.1) is 0 Å². The van der Waals surface area contributed by atoms with Gasteiger partial charge in [-0.05, 0) is 63.9 Å². The van der Waals surface area contributed by atoms with Crippen LogP contribution in [0.3, 0.4) is 0 Å². The molecular weight excluding hydrogens is 352 g/mol. The third kappa shape index (κ3) is 4.32. The summed E-state index contributed by atoms with van der Waals surface area (Å²) < 4.78 is 3.92. The number of hydrogen-bond acceptors (Lipinski definition) is 3. The molecule has 0 unspecified atom stereocenters. The third-order valence-electron chi connectivity index (χ3n) is 4.97. The first-order valence-corrected chi connectivity index (χ1v) is 9.84. The first-order valence-electron chi connectivity index (χ1n) is 9.84. The van der Waals surface area contributed by atoms with Crippen LogP contribution in [0.4, 0.5) is 5.69 Å². The van der Waals surface area contributed by atoms with Crippen molar-refractivity contribution in [1.29, 1.82) is 0 Å². The number of amides is 1. The number of aryl methyl sites for hydroxylation is 4. The number of anilines is 1. The highest BCUT2D eigenvalue weighted by molar-refractivity contribution is 5.94. The van der Waals surface area contributed by atoms with Gasteiger partial charge in [-0.25, -0.2) is 4.79 Å². The van der Waals surface area contributed by atoms with Crippen molar-refractivity contribution >= 4 is 22.5 Å². The lowest BCUT2D eigenvalue weighted by molar-refractivity contribution is -0.116. The third-order valence-corrected chi connectivity index (χ3v) is 4.97. The molecule has 2 heterocycles. The summed E-state index contributed by atoms with van der Waals surface area (Å²) in [5.74, 6) is -0.0464. The van der Waals surface area contributed by atoms with E-state index in [1.165, 1.54) is 11.2 Å². The summed E-state index contributed by atoms with van der Waals surface area (Å²) in [5.41, 5.74) is 4.56. The Morgan fingerprint density at radius 2 is 1.79 bits per heavy atom. The maximum absolute atomic E-state index is 12.3. The molecule has 0 bridgehead atoms. The lowest BCUT2D eigenvalue weighted by atomic mass is 10.2. The largest absolute Gasteiger partial charge is 0.347 e. The first kappa shape index (κ1) is 19.9. The minimum absolute atomic E-state index is 0.0464. The Balaban J connectivity index is 1.61. The highest BCUT2D eigenvalue weighted by Crippen LogP contribution is 2.23. The molecule has 0 saturated heterocycles. The molecule has 0 aliphatic heterocycles. The molecule has 1 N–H and O–H groups in total. The van der Waals surface area contributed by atoms with E-state index in [2.05, 4.69) is 40.8 Å². The standard InChI is InChI=1S/C22H28N4O2/c1-5-10-25-17(4)13-18-14-19(8-9-20(18)25)24-21(27)7-6-11-26-16(3)12-15(2)23-22(26)28/h8-9,12-14H,5-7,10-11H2,1-4H3,(H,24,27). The quantitative estimate of drug-likeness (QED) is 0.675. The molecule has 6 heteroatoms. The van der Waals surface area contributed by atoms with Crippen LogP contribution >= 0.6 is 0 Å². The van der Waals surface area contributed by atoms with Gasteiger partial charge in [0, 0.05) is 53.2 Å². The summed E-state index contributed by atoms with van der Waals surface area (Å²) in [4.78, 5) is 28.3. The summed E-state index contributed by atoms with van der Waals surface area (Å²) in [7, 11) is 0. The first-order chi connectivity index (χ1) is 13.4. The van der Waals surface area contributed by atoms with Gasteiger partial charge in [0.05, 0.1) is 0 Å². The molecular formula is C22H28N4O2. The Bertz CT molecular complexity index is 1060. The van der Waals surface area contributed by atoms with Gasteiger partial charge in [0.15, 0.2) is 0 Å². The zero-order valence-corrected chi connectivity index (χ0v) is 17.1. The zero-order chi connectivity index (χ0) is 20.3. The predicted octanol–water partition coefficient (Wildman–Crippen LogP) is 3.95. The second-order valence-corrected chi connectivity index (χ2v) is 7.34. The maximum atomic E-state index is 12.3. The van der Waals surface area contributed by atoms with E-state index in [4.69, 9.17) is 0 Å². The number of carbonyl (C=O) groups is 1. The van der Waals surface area contributed by atoms with Crippen LogP contribution in [0.25, 0.3) is 10.9 Å². The minimum Gasteiger partial charge on any atom is -0.345 e. The summed E-state index contributed by atoms with van der Waals surface area (Å²) in [6, 6.07) is 10.1. The second-order valence-electron chi connectivity index (χ2n) is 7.34. The van der Waals surface area contributed by atoms with E-state index in [1.807, 2.05) is 25.1 Å². The van der Waals surface area contributed by atoms with Gasteiger partial charge in [0.2, 0.25) is 5.91 Å². The van der Waals surface area contributed by atoms with Crippen molar-refractivity contribution in [2.75, 3.05) is 5.32 Å². The predicted molar refractivity (Wildman–Crippen MR) is 113 cm³/mol. The van der Waals surface area contributed by atoms with Crippen molar-refractivity contribution in [3.8, 4) is 0 Å². The molecule has 0 atom stereocenters. The molecule has 0 radical (unpaired) electrons. The molecule has 3 aromatic rings. The molecule has 0 aliphatic carbocycles. The van der Waals surface area contributed by atoms with E-state index >= 15 is 0 Å². The molecule has 3 rings (SSSR count). The Labute approximate surface area is 165 Å². The van der Waals surface area contributed by atoms with Crippen LogP contribution in [0.15, 0.2) is 35.1 Å². The van der Waals surface area contributed by atoms with Gasteiger partial charge in [0.1, 0.15) is 0 Å². The molecule has 6 nitrogen and oxygen atoms in total. The second kappa shape index (κ2) is 8.42. The molecule has 148 valence electrons. The van der Waals surface area contributed by atoms with Crippen molar-refractivity contribution in [2.45, 2.75) is 60.0 Å². The highest BCUT2D eigenvalue weighted by atomic mass is 16.2. The van der Waals surface area contributed by atoms with Crippen LogP contribution in [-0.2, 0) is 17.9 Å². The average molecular weight is 380 g/mol. The summed E-state index contributed by atoms with van der Waals surface area (Å²) >= 11 is 0. The fourth-order valence-electron chi connectivity index (χ4n) is 3.67. The van der Waals surface area contributed by atoms with E-state index in [0.29, 0.717) is 19.4 Å². The van der Waals surface area contributed by atoms with Crippen LogP contribution in [0.1, 0.15) is 43.3 Å². The SMILES string of the molecule is CCCn1c(C)cc2cc(NC(=O)CCCn3c(C)cc(C)nc3=O)ccc21. The van der Waals surface area contributed by atoms with Crippen LogP contribution in [-0.4, -0.2) is 20.0 Å². The Kier molecular flexibility index (Phi) is 5.97. The van der Waals surface area contributed by atoms with E-state index in [1.54, 1.807) is 11.5 Å². The van der Waals surface area contributed by atoms with Crippen LogP contribution < -0.4 is 11.0 Å². The van der Waals surface area contributed by atoms with Crippen LogP contribution in [0.2, 0.25) is 0 Å². The number of benzene rings is 1. The zero-order valence-electron chi connectivity index (χ0n) is 17.1. The molecule has 2 aromatic heterocycles. The van der Waals surface area contributed by atoms with E-state index in [9.17, 15) is 9.59 Å². The lowest BCUT2D eigenvalue weighted by Gasteiger charge is -2.10. The molecule has 1 aromatic carbocycles. The van der Waals surface area contributed by atoms with Gasteiger partial charge in [-0.1, -0.05) is 6.92 Å². The maximum Gasteiger partial charge on any atom is 0.347 e. The molecule has 0 fully saturated rings. The summed E-state index contributed by atoms with van der Waals surface area (Å²) in [6.45, 7) is 9.45. The van der Waals surface area contributed by atoms with E-state index < -0.39 is 0 Å². The van der Waals surface area contributed by atoms with E-state index in [-0.39, 0.29) is 11.6 Å². The molecule has 28 heavy (non-hydrogen) atoms. The lowest BCUT2D eigenvalue weighted by Crippen LogP contribution is -2.26. The number of fused-ring (bicyclic) bond motifs is 1. The number of rotatable bonds is 7. The van der Waals surface area contributed by atoms with Crippen molar-refractivity contribution in [3.05, 3.63) is 57.9 Å². The van der Waals surface area contributed by atoms with Crippen molar-refractivity contribution in [2.24, 2.45) is 0 Å². The molecule has 0 saturated carbocycles. The number of nitrogens with zero attached hydrogens (tertiary/aromatic N) is 3. The molecule has 0 aliphatic rings. The summed E-state index contributed by atoms with van der Waals surface area (Å²) in [5, 5.41) is 4.10. The average Bonchev–Trinajstić information content (AvgIpc) is 2.92. The smallest absolute Gasteiger partial charge is 0.345 e. The van der Waals surface area contributed by atoms with Gasteiger partial charge in [-0.3, -0.25) is 9.36 Å². The van der Waals surface area contributed by atoms with Gasteiger partial charge in [0.25, 0.3) is 0 Å². The highest BCUT2D eigenvalue weighted by Gasteiger charge is 2.09.